The molecule has 0 aliphatic rings. The Bertz CT molecular complexity index is 691. The quantitative estimate of drug-likeness (QED) is 0.552. The van der Waals surface area contributed by atoms with E-state index >= 15 is 0 Å². The molecule has 0 saturated carbocycles. The van der Waals surface area contributed by atoms with Gasteiger partial charge in [-0.2, -0.15) is 10.2 Å². The maximum Gasteiger partial charge on any atom is 0.301 e. The molecule has 3 nitrogen and oxygen atoms in total. The summed E-state index contributed by atoms with van der Waals surface area (Å²) in [6.45, 7) is 0. The number of oxazole rings is 1. The molecular formula is C12H6N2O. The van der Waals surface area contributed by atoms with Crippen LogP contribution in [0.2, 0.25) is 0 Å². The molecule has 0 atom stereocenters. The average molecular weight is 194 g/mol. The topological polar surface area (TPSA) is 49.8 Å². The normalized spacial score (nSPS) is 10.6. The van der Waals surface area contributed by atoms with E-state index in [4.69, 9.17) is 9.68 Å². The first-order valence-electron chi connectivity index (χ1n) is 4.57. The number of hydrogen-bond acceptors (Lipinski definition) is 3. The summed E-state index contributed by atoms with van der Waals surface area (Å²) in [5.41, 5.74) is 1.41. The smallest absolute Gasteiger partial charge is 0.301 e. The Morgan fingerprint density at radius 2 is 2.00 bits per heavy atom. The van der Waals surface area contributed by atoms with E-state index in [1.807, 2.05) is 42.5 Å². The maximum absolute atomic E-state index is 8.70. The van der Waals surface area contributed by atoms with Crippen LogP contribution in [0.15, 0.2) is 40.8 Å². The van der Waals surface area contributed by atoms with E-state index in [2.05, 4.69) is 4.98 Å². The van der Waals surface area contributed by atoms with Crippen molar-refractivity contribution in [1.29, 1.82) is 5.26 Å². The second kappa shape index (κ2) is 2.82. The van der Waals surface area contributed by atoms with Crippen molar-refractivity contribution in [3.8, 4) is 6.07 Å². The van der Waals surface area contributed by atoms with Crippen LogP contribution < -0.4 is 0 Å². The molecule has 0 aliphatic heterocycles. The zero-order valence-corrected chi connectivity index (χ0v) is 7.77. The molecule has 3 heteroatoms. The minimum Gasteiger partial charge on any atom is -0.428 e. The molecule has 0 unspecified atom stereocenters. The van der Waals surface area contributed by atoms with Gasteiger partial charge in [0.15, 0.2) is 11.7 Å². The van der Waals surface area contributed by atoms with E-state index in [0.717, 1.165) is 16.3 Å². The molecule has 0 fully saturated rings. The third kappa shape index (κ3) is 1.09. The van der Waals surface area contributed by atoms with Gasteiger partial charge < -0.3 is 4.42 Å². The Kier molecular flexibility index (Phi) is 1.51. The van der Waals surface area contributed by atoms with Crippen molar-refractivity contribution < 1.29 is 4.42 Å². The fourth-order valence-corrected chi connectivity index (χ4v) is 1.71. The summed E-state index contributed by atoms with van der Waals surface area (Å²) >= 11 is 0. The summed E-state index contributed by atoms with van der Waals surface area (Å²) in [4.78, 5) is 4.13. The standard InChI is InChI=1S/C12H6N2O/c13-7-11-14-12-9-4-2-1-3-8(9)5-6-10(12)15-11/h1-6H. The van der Waals surface area contributed by atoms with Crippen molar-refractivity contribution in [3.05, 3.63) is 42.3 Å². The molecule has 1 aromatic heterocycles. The zero-order valence-electron chi connectivity index (χ0n) is 7.77. The molecule has 0 radical (unpaired) electrons. The van der Waals surface area contributed by atoms with E-state index in [1.54, 1.807) is 0 Å². The molecule has 0 aliphatic carbocycles. The SMILES string of the molecule is N#Cc1nc2c(ccc3ccccc32)o1. The van der Waals surface area contributed by atoms with Crippen molar-refractivity contribution >= 4 is 21.9 Å². The van der Waals surface area contributed by atoms with E-state index < -0.39 is 0 Å². The molecule has 3 aromatic rings. The number of hydrogen-bond donors (Lipinski definition) is 0. The van der Waals surface area contributed by atoms with E-state index in [1.165, 1.54) is 0 Å². The minimum absolute atomic E-state index is 0.112. The Labute approximate surface area is 85.6 Å². The van der Waals surface area contributed by atoms with Gasteiger partial charge in [0, 0.05) is 5.39 Å². The monoisotopic (exact) mass is 194 g/mol. The molecule has 0 N–H and O–H groups in total. The first-order valence-corrected chi connectivity index (χ1v) is 4.57. The predicted molar refractivity (Wildman–Crippen MR) is 56.2 cm³/mol. The van der Waals surface area contributed by atoms with Gasteiger partial charge in [0.1, 0.15) is 5.52 Å². The molecule has 0 amide bonds. The summed E-state index contributed by atoms with van der Waals surface area (Å²) in [6, 6.07) is 13.6. The highest BCUT2D eigenvalue weighted by Crippen LogP contribution is 2.24. The lowest BCUT2D eigenvalue weighted by atomic mass is 10.1. The van der Waals surface area contributed by atoms with Gasteiger partial charge >= 0.3 is 5.89 Å². The second-order valence-electron chi connectivity index (χ2n) is 3.26. The molecule has 1 heterocycles. The van der Waals surface area contributed by atoms with Crippen LogP contribution >= 0.6 is 0 Å². The first-order chi connectivity index (χ1) is 7.38. The summed E-state index contributed by atoms with van der Waals surface area (Å²) in [5, 5.41) is 10.8. The van der Waals surface area contributed by atoms with Crippen LogP contribution in [0.1, 0.15) is 5.89 Å². The van der Waals surface area contributed by atoms with Gasteiger partial charge in [-0.15, -0.1) is 0 Å². The predicted octanol–water partition coefficient (Wildman–Crippen LogP) is 2.85. The lowest BCUT2D eigenvalue weighted by Crippen LogP contribution is -1.75. The highest BCUT2D eigenvalue weighted by atomic mass is 16.3. The number of nitriles is 1. The van der Waals surface area contributed by atoms with Crippen LogP contribution in [0, 0.1) is 11.3 Å². The fraction of sp³-hybridized carbons (Fsp3) is 0. The second-order valence-corrected chi connectivity index (χ2v) is 3.26. The molecule has 70 valence electrons. The molecule has 0 bridgehead atoms. The van der Waals surface area contributed by atoms with Gasteiger partial charge in [-0.3, -0.25) is 0 Å². The van der Waals surface area contributed by atoms with Gasteiger partial charge in [0.2, 0.25) is 0 Å². The highest BCUT2D eigenvalue weighted by Gasteiger charge is 2.07. The maximum atomic E-state index is 8.70. The van der Waals surface area contributed by atoms with Crippen LogP contribution in [-0.4, -0.2) is 4.98 Å². The molecule has 2 aromatic carbocycles. The van der Waals surface area contributed by atoms with Crippen molar-refractivity contribution in [1.82, 2.24) is 4.98 Å². The molecule has 0 spiro atoms. The largest absolute Gasteiger partial charge is 0.428 e. The minimum atomic E-state index is 0.112. The summed E-state index contributed by atoms with van der Waals surface area (Å²) < 4.78 is 5.25. The number of benzene rings is 2. The highest BCUT2D eigenvalue weighted by molar-refractivity contribution is 6.03. The first kappa shape index (κ1) is 8.01. The third-order valence-electron chi connectivity index (χ3n) is 2.38. The van der Waals surface area contributed by atoms with Gasteiger partial charge in [-0.05, 0) is 11.5 Å². The van der Waals surface area contributed by atoms with Crippen LogP contribution in [0.5, 0.6) is 0 Å². The Balaban J connectivity index is 2.54. The van der Waals surface area contributed by atoms with Crippen molar-refractivity contribution in [2.24, 2.45) is 0 Å². The van der Waals surface area contributed by atoms with Crippen molar-refractivity contribution in [2.45, 2.75) is 0 Å². The van der Waals surface area contributed by atoms with Gasteiger partial charge in [-0.25, -0.2) is 0 Å². The number of rotatable bonds is 0. The summed E-state index contributed by atoms with van der Waals surface area (Å²) in [7, 11) is 0. The summed E-state index contributed by atoms with van der Waals surface area (Å²) in [6.07, 6.45) is 0. The molecule has 0 saturated heterocycles. The van der Waals surface area contributed by atoms with Crippen LogP contribution in [-0.2, 0) is 0 Å². The Morgan fingerprint density at radius 1 is 1.13 bits per heavy atom. The fourth-order valence-electron chi connectivity index (χ4n) is 1.71. The molecular weight excluding hydrogens is 188 g/mol. The zero-order chi connectivity index (χ0) is 10.3. The van der Waals surface area contributed by atoms with Crippen molar-refractivity contribution in [3.63, 3.8) is 0 Å². The Morgan fingerprint density at radius 3 is 2.87 bits per heavy atom. The summed E-state index contributed by atoms with van der Waals surface area (Å²) in [5.74, 6) is 0.112. The number of aromatic nitrogens is 1. The Hall–Kier alpha value is -2.34. The van der Waals surface area contributed by atoms with E-state index in [-0.39, 0.29) is 5.89 Å². The lowest BCUT2D eigenvalue weighted by Gasteiger charge is -1.95. The van der Waals surface area contributed by atoms with E-state index in [0.29, 0.717) is 5.58 Å². The number of nitrogens with zero attached hydrogens (tertiary/aromatic N) is 2. The number of fused-ring (bicyclic) bond motifs is 3. The molecule has 3 rings (SSSR count). The van der Waals surface area contributed by atoms with Gasteiger partial charge in [-0.1, -0.05) is 30.3 Å². The molecule has 15 heavy (non-hydrogen) atoms. The lowest BCUT2D eigenvalue weighted by molar-refractivity contribution is 0.584. The van der Waals surface area contributed by atoms with Crippen LogP contribution in [0.3, 0.4) is 0 Å². The average Bonchev–Trinajstić information content (AvgIpc) is 2.72. The van der Waals surface area contributed by atoms with Crippen LogP contribution in [0.25, 0.3) is 21.9 Å². The van der Waals surface area contributed by atoms with E-state index in [9.17, 15) is 0 Å². The van der Waals surface area contributed by atoms with Crippen molar-refractivity contribution in [2.75, 3.05) is 0 Å². The van der Waals surface area contributed by atoms with Gasteiger partial charge in [0.25, 0.3) is 0 Å². The van der Waals surface area contributed by atoms with Crippen LogP contribution in [0.4, 0.5) is 0 Å². The van der Waals surface area contributed by atoms with Gasteiger partial charge in [0.05, 0.1) is 0 Å². The third-order valence-corrected chi connectivity index (χ3v) is 2.38.